The van der Waals surface area contributed by atoms with E-state index < -0.39 is 7.12 Å². The van der Waals surface area contributed by atoms with Crippen molar-refractivity contribution < 1.29 is 10.0 Å². The minimum atomic E-state index is -1.48. The van der Waals surface area contributed by atoms with Crippen LogP contribution in [0.4, 0.5) is 0 Å². The Morgan fingerprint density at radius 3 is 2.67 bits per heavy atom. The number of hydrogen-bond acceptors (Lipinski definition) is 3. The number of nitrogens with zero attached hydrogens (tertiary/aromatic N) is 1. The maximum Gasteiger partial charge on any atom is 0.489 e. The van der Waals surface area contributed by atoms with Crippen LogP contribution in [0.25, 0.3) is 0 Å². The van der Waals surface area contributed by atoms with Gasteiger partial charge < -0.3 is 10.0 Å². The van der Waals surface area contributed by atoms with E-state index in [1.165, 1.54) is 12.3 Å². The third-order valence-corrected chi connectivity index (χ3v) is 1.28. The van der Waals surface area contributed by atoms with Crippen LogP contribution in [0.15, 0.2) is 29.3 Å². The van der Waals surface area contributed by atoms with Gasteiger partial charge in [0.05, 0.1) is 0 Å². The van der Waals surface area contributed by atoms with E-state index in [0.717, 1.165) is 12.8 Å². The first-order valence-electron chi connectivity index (χ1n) is 3.92. The molecule has 0 unspecified atom stereocenters. The first-order chi connectivity index (χ1) is 5.72. The first-order valence-corrected chi connectivity index (χ1v) is 3.92. The van der Waals surface area contributed by atoms with Crippen molar-refractivity contribution in [2.45, 2.75) is 19.8 Å². The van der Waals surface area contributed by atoms with Crippen LogP contribution >= 0.6 is 0 Å². The maximum absolute atomic E-state index is 8.71. The second-order valence-corrected chi connectivity index (χ2v) is 2.33. The van der Waals surface area contributed by atoms with Crippen LogP contribution in [0.1, 0.15) is 19.8 Å². The molecule has 0 aromatic rings. The lowest BCUT2D eigenvalue weighted by Gasteiger charge is -1.94. The highest BCUT2D eigenvalue weighted by molar-refractivity contribution is 6.51. The molecule has 0 aliphatic heterocycles. The van der Waals surface area contributed by atoms with E-state index in [2.05, 4.69) is 11.6 Å². The topological polar surface area (TPSA) is 52.8 Å². The normalized spacial score (nSPS) is 12.1. The quantitative estimate of drug-likeness (QED) is 0.363. The van der Waals surface area contributed by atoms with Gasteiger partial charge in [-0.2, -0.15) is 0 Å². The summed E-state index contributed by atoms with van der Waals surface area (Å²) in [5.41, 5.74) is 0.308. The van der Waals surface area contributed by atoms with E-state index in [4.69, 9.17) is 10.0 Å². The van der Waals surface area contributed by atoms with Gasteiger partial charge in [-0.1, -0.05) is 26.0 Å². The molecule has 0 amide bonds. The Bertz CT molecular complexity index is 187. The van der Waals surface area contributed by atoms with E-state index in [-0.39, 0.29) is 0 Å². The summed E-state index contributed by atoms with van der Waals surface area (Å²) in [4.78, 5) is 3.88. The van der Waals surface area contributed by atoms with Crippen LogP contribution in [0.5, 0.6) is 0 Å². The zero-order valence-corrected chi connectivity index (χ0v) is 7.27. The summed E-state index contributed by atoms with van der Waals surface area (Å²) >= 11 is 0. The number of rotatable bonds is 5. The molecule has 0 atom stereocenters. The van der Waals surface area contributed by atoms with E-state index in [1.807, 2.05) is 6.92 Å². The summed E-state index contributed by atoms with van der Waals surface area (Å²) < 4.78 is 0. The number of unbranched alkanes of at least 4 members (excludes halogenated alkanes) is 1. The molecule has 0 bridgehead atoms. The van der Waals surface area contributed by atoms with Crippen LogP contribution in [-0.2, 0) is 0 Å². The van der Waals surface area contributed by atoms with E-state index >= 15 is 0 Å². The zero-order valence-electron chi connectivity index (χ0n) is 7.27. The summed E-state index contributed by atoms with van der Waals surface area (Å²) in [6.07, 6.45) is 6.41. The molecule has 0 aromatic heterocycles. The molecular formula is C8H14BNO2. The lowest BCUT2D eigenvalue weighted by Crippen LogP contribution is -2.13. The van der Waals surface area contributed by atoms with Crippen molar-refractivity contribution in [3.63, 3.8) is 0 Å². The van der Waals surface area contributed by atoms with Gasteiger partial charge >= 0.3 is 7.12 Å². The molecule has 2 N–H and O–H groups in total. The van der Waals surface area contributed by atoms with Crippen molar-refractivity contribution in [3.05, 3.63) is 24.3 Å². The van der Waals surface area contributed by atoms with Gasteiger partial charge in [0.15, 0.2) is 0 Å². The Morgan fingerprint density at radius 2 is 2.25 bits per heavy atom. The lowest BCUT2D eigenvalue weighted by atomic mass is 9.80. The van der Waals surface area contributed by atoms with Gasteiger partial charge in [0.1, 0.15) is 0 Å². The largest absolute Gasteiger partial charge is 0.489 e. The van der Waals surface area contributed by atoms with Crippen molar-refractivity contribution in [3.8, 4) is 0 Å². The van der Waals surface area contributed by atoms with Gasteiger partial charge in [0.2, 0.25) is 0 Å². The molecule has 0 aliphatic rings. The third kappa shape index (κ3) is 4.88. The molecule has 0 heterocycles. The zero-order chi connectivity index (χ0) is 9.40. The fourth-order valence-corrected chi connectivity index (χ4v) is 0.567. The summed E-state index contributed by atoms with van der Waals surface area (Å²) in [7, 11) is -1.48. The molecule has 3 nitrogen and oxygen atoms in total. The summed E-state index contributed by atoms with van der Waals surface area (Å²) in [6.45, 7) is 5.47. The average Bonchev–Trinajstić information content (AvgIpc) is 2.04. The van der Waals surface area contributed by atoms with Gasteiger partial charge in [-0.25, -0.2) is 0 Å². The van der Waals surface area contributed by atoms with Crippen molar-refractivity contribution in [1.29, 1.82) is 0 Å². The molecule has 0 saturated carbocycles. The first kappa shape index (κ1) is 11.1. The van der Waals surface area contributed by atoms with Crippen molar-refractivity contribution in [1.82, 2.24) is 0 Å². The van der Waals surface area contributed by atoms with Crippen LogP contribution in [0.2, 0.25) is 0 Å². The molecule has 0 spiro atoms. The molecule has 0 aromatic carbocycles. The highest BCUT2D eigenvalue weighted by atomic mass is 16.4. The van der Waals surface area contributed by atoms with E-state index in [9.17, 15) is 0 Å². The van der Waals surface area contributed by atoms with Gasteiger partial charge in [-0.05, 0) is 11.9 Å². The lowest BCUT2D eigenvalue weighted by molar-refractivity contribution is 0.420. The summed E-state index contributed by atoms with van der Waals surface area (Å²) in [6, 6.07) is 0. The molecule has 0 aliphatic carbocycles. The molecule has 12 heavy (non-hydrogen) atoms. The van der Waals surface area contributed by atoms with Crippen molar-refractivity contribution in [2.75, 3.05) is 0 Å². The van der Waals surface area contributed by atoms with Gasteiger partial charge in [-0.3, -0.25) is 4.99 Å². The Morgan fingerprint density at radius 1 is 1.58 bits per heavy atom. The highest BCUT2D eigenvalue weighted by Gasteiger charge is 2.09. The van der Waals surface area contributed by atoms with Crippen LogP contribution in [-0.4, -0.2) is 23.4 Å². The SMILES string of the molecule is C=C/C(=C\N=CCCC)B(O)O. The molecule has 4 heteroatoms. The van der Waals surface area contributed by atoms with Gasteiger partial charge in [0.25, 0.3) is 0 Å². The third-order valence-electron chi connectivity index (χ3n) is 1.28. The number of allylic oxidation sites excluding steroid dienone is 2. The van der Waals surface area contributed by atoms with E-state index in [1.54, 1.807) is 6.21 Å². The molecule has 0 fully saturated rings. The average molecular weight is 167 g/mol. The van der Waals surface area contributed by atoms with Crippen molar-refractivity contribution in [2.24, 2.45) is 4.99 Å². The molecule has 0 rings (SSSR count). The van der Waals surface area contributed by atoms with Crippen LogP contribution < -0.4 is 0 Å². The second kappa shape index (κ2) is 6.82. The predicted octanol–water partition coefficient (Wildman–Crippen LogP) is 0.939. The number of hydrogen-bond donors (Lipinski definition) is 2. The second-order valence-electron chi connectivity index (χ2n) is 2.33. The smallest absolute Gasteiger partial charge is 0.423 e. The monoisotopic (exact) mass is 167 g/mol. The summed E-state index contributed by atoms with van der Waals surface area (Å²) in [5, 5.41) is 17.4. The van der Waals surface area contributed by atoms with Gasteiger partial charge in [-0.15, -0.1) is 0 Å². The molecular weight excluding hydrogens is 153 g/mol. The molecule has 66 valence electrons. The fraction of sp³-hybridized carbons (Fsp3) is 0.375. The highest BCUT2D eigenvalue weighted by Crippen LogP contribution is 1.97. The Kier molecular flexibility index (Phi) is 6.33. The Labute approximate surface area is 73.3 Å². The van der Waals surface area contributed by atoms with Crippen LogP contribution in [0, 0.1) is 0 Å². The standard InChI is InChI=1S/C8H14BNO2/c1-3-5-6-10-7-8(4-2)9(11)12/h4,6-7,11-12H,2-3,5H2,1H3/b8-7+,10-6?. The number of aliphatic imine (C=N–C) groups is 1. The molecule has 0 saturated heterocycles. The Balaban J connectivity index is 4.02. The fourth-order valence-electron chi connectivity index (χ4n) is 0.567. The van der Waals surface area contributed by atoms with Crippen LogP contribution in [0.3, 0.4) is 0 Å². The van der Waals surface area contributed by atoms with E-state index in [0.29, 0.717) is 5.47 Å². The van der Waals surface area contributed by atoms with Crippen molar-refractivity contribution >= 4 is 13.3 Å². The minimum Gasteiger partial charge on any atom is -0.423 e. The Hall–Kier alpha value is -0.865. The minimum absolute atomic E-state index is 0.308. The summed E-state index contributed by atoms with van der Waals surface area (Å²) in [5.74, 6) is 0. The maximum atomic E-state index is 8.71. The predicted molar refractivity (Wildman–Crippen MR) is 51.9 cm³/mol. The van der Waals surface area contributed by atoms with Gasteiger partial charge in [0, 0.05) is 12.4 Å². The molecule has 0 radical (unpaired) electrons.